The van der Waals surface area contributed by atoms with Crippen molar-refractivity contribution in [3.05, 3.63) is 248 Å². The molecule has 3 heteroatoms. The van der Waals surface area contributed by atoms with Crippen LogP contribution in [0, 0.1) is 0 Å². The van der Waals surface area contributed by atoms with Gasteiger partial charge >= 0.3 is 0 Å². The van der Waals surface area contributed by atoms with E-state index in [1.165, 1.54) is 50.1 Å². The summed E-state index contributed by atoms with van der Waals surface area (Å²) >= 11 is 0. The molecule has 0 aliphatic heterocycles. The van der Waals surface area contributed by atoms with Gasteiger partial charge in [0.1, 0.15) is 0 Å². The van der Waals surface area contributed by atoms with E-state index in [9.17, 15) is 0 Å². The largest absolute Gasteiger partial charge is 0.310 e. The monoisotopic (exact) mass is 791 g/mol. The third kappa shape index (κ3) is 7.27. The average molecular weight is 792 g/mol. The fourth-order valence-corrected chi connectivity index (χ4v) is 8.71. The van der Waals surface area contributed by atoms with Gasteiger partial charge in [0, 0.05) is 33.8 Å². The lowest BCUT2D eigenvalue weighted by molar-refractivity contribution is 1.18. The van der Waals surface area contributed by atoms with Crippen LogP contribution in [0.5, 0.6) is 0 Å². The van der Waals surface area contributed by atoms with E-state index in [1.807, 2.05) is 6.07 Å². The molecule has 0 amide bonds. The molecule has 0 bridgehead atoms. The molecule has 0 fully saturated rings. The summed E-state index contributed by atoms with van der Waals surface area (Å²) in [6.45, 7) is 0. The van der Waals surface area contributed by atoms with Crippen molar-refractivity contribution in [2.45, 2.75) is 6.42 Å². The number of nitrogens with zero attached hydrogens (tertiary/aromatic N) is 3. The molecule has 62 heavy (non-hydrogen) atoms. The molecule has 0 N–H and O–H groups in total. The van der Waals surface area contributed by atoms with Gasteiger partial charge in [0.05, 0.1) is 11.4 Å². The van der Waals surface area contributed by atoms with E-state index in [0.29, 0.717) is 5.82 Å². The summed E-state index contributed by atoms with van der Waals surface area (Å²) in [5, 5.41) is 0. The number of hydrogen-bond acceptors (Lipinski definition) is 3. The lowest BCUT2D eigenvalue weighted by Gasteiger charge is -2.26. The second-order valence-corrected chi connectivity index (χ2v) is 15.8. The van der Waals surface area contributed by atoms with Gasteiger partial charge in [-0.25, -0.2) is 9.97 Å². The Morgan fingerprint density at radius 2 is 0.694 bits per heavy atom. The highest BCUT2D eigenvalue weighted by atomic mass is 15.1. The van der Waals surface area contributed by atoms with Crippen LogP contribution in [0.1, 0.15) is 11.1 Å². The fourth-order valence-electron chi connectivity index (χ4n) is 8.71. The molecule has 0 saturated carbocycles. The molecular weight excluding hydrogens is 751 g/mol. The molecule has 3 nitrogen and oxygen atoms in total. The number of benzene rings is 9. The van der Waals surface area contributed by atoms with Gasteiger partial charge in [-0.1, -0.05) is 188 Å². The third-order valence-corrected chi connectivity index (χ3v) is 11.9. The molecule has 0 radical (unpaired) electrons. The van der Waals surface area contributed by atoms with E-state index in [1.54, 1.807) is 0 Å². The summed E-state index contributed by atoms with van der Waals surface area (Å²) in [6.07, 6.45) is 0.864. The maximum atomic E-state index is 5.25. The Bertz CT molecular complexity index is 3040. The highest BCUT2D eigenvalue weighted by Crippen LogP contribution is 2.44. The summed E-state index contributed by atoms with van der Waals surface area (Å²) in [4.78, 5) is 12.8. The van der Waals surface area contributed by atoms with Crippen LogP contribution < -0.4 is 4.90 Å². The SMILES string of the molecule is c1ccc(-c2ccc(-c3cc(-c4ccc5c(c4)Cc4ccc(N(c6ccccc6)c6ccc(-c7ccccc7)cc6)cc4-5)nc(-c4ccc(-c5ccccc5)cc4)n3)cc2)cc1. The van der Waals surface area contributed by atoms with Crippen LogP contribution in [-0.2, 0) is 6.42 Å². The molecule has 1 heterocycles. The zero-order valence-electron chi connectivity index (χ0n) is 34.1. The Morgan fingerprint density at radius 3 is 1.26 bits per heavy atom. The number of hydrogen-bond donors (Lipinski definition) is 0. The van der Waals surface area contributed by atoms with Gasteiger partial charge in [-0.2, -0.15) is 0 Å². The minimum Gasteiger partial charge on any atom is -0.310 e. The second kappa shape index (κ2) is 16.1. The van der Waals surface area contributed by atoms with E-state index in [2.05, 4.69) is 235 Å². The van der Waals surface area contributed by atoms with Crippen molar-refractivity contribution in [2.24, 2.45) is 0 Å². The lowest BCUT2D eigenvalue weighted by Crippen LogP contribution is -2.10. The molecule has 0 saturated heterocycles. The second-order valence-electron chi connectivity index (χ2n) is 15.8. The molecule has 0 atom stereocenters. The predicted octanol–water partition coefficient (Wildman–Crippen LogP) is 15.5. The van der Waals surface area contributed by atoms with Crippen molar-refractivity contribution >= 4 is 17.1 Å². The van der Waals surface area contributed by atoms with Crippen LogP contribution in [0.2, 0.25) is 0 Å². The first-order valence-electron chi connectivity index (χ1n) is 21.2. The number of rotatable bonds is 9. The Balaban J connectivity index is 0.954. The van der Waals surface area contributed by atoms with Gasteiger partial charge in [0.15, 0.2) is 5.82 Å². The standard InChI is InChI=1S/C59H41N3/c1-5-13-41(14-6-1)44-21-25-47(26-22-44)57-40-58(61-59(60-57)48-27-23-45(24-28-48)42-15-7-2-8-16-42)50-32-36-55-51(38-50)37-49-31-35-54(39-56(49)55)62(52-19-11-4-12-20-52)53-33-29-46(30-34-53)43-17-9-3-10-18-43/h1-36,38-40H,37H2. The smallest absolute Gasteiger partial charge is 0.160 e. The maximum absolute atomic E-state index is 5.25. The molecule has 1 aliphatic rings. The first-order valence-corrected chi connectivity index (χ1v) is 21.2. The van der Waals surface area contributed by atoms with Gasteiger partial charge < -0.3 is 4.90 Å². The number of aromatic nitrogens is 2. The third-order valence-electron chi connectivity index (χ3n) is 11.9. The molecule has 1 aliphatic carbocycles. The molecule has 11 rings (SSSR count). The van der Waals surface area contributed by atoms with Crippen molar-refractivity contribution in [3.63, 3.8) is 0 Å². The number of anilines is 3. The van der Waals surface area contributed by atoms with Gasteiger partial charge in [0.25, 0.3) is 0 Å². The van der Waals surface area contributed by atoms with Crippen molar-refractivity contribution < 1.29 is 0 Å². The van der Waals surface area contributed by atoms with Crippen LogP contribution in [0.3, 0.4) is 0 Å². The van der Waals surface area contributed by atoms with Crippen molar-refractivity contribution in [1.29, 1.82) is 0 Å². The lowest BCUT2D eigenvalue weighted by atomic mass is 9.99. The first kappa shape index (κ1) is 36.9. The molecule has 9 aromatic carbocycles. The summed E-state index contributed by atoms with van der Waals surface area (Å²) in [6, 6.07) is 84.3. The summed E-state index contributed by atoms with van der Waals surface area (Å²) in [5.41, 5.74) is 20.5. The maximum Gasteiger partial charge on any atom is 0.160 e. The minimum atomic E-state index is 0.704. The van der Waals surface area contributed by atoms with E-state index < -0.39 is 0 Å². The predicted molar refractivity (Wildman–Crippen MR) is 258 cm³/mol. The van der Waals surface area contributed by atoms with E-state index in [-0.39, 0.29) is 0 Å². The van der Waals surface area contributed by atoms with Crippen LogP contribution in [-0.4, -0.2) is 9.97 Å². The van der Waals surface area contributed by atoms with Crippen molar-refractivity contribution in [2.75, 3.05) is 4.90 Å². The minimum absolute atomic E-state index is 0.704. The van der Waals surface area contributed by atoms with Crippen molar-refractivity contribution in [1.82, 2.24) is 9.97 Å². The van der Waals surface area contributed by atoms with Gasteiger partial charge in [-0.05, 0) is 111 Å². The van der Waals surface area contributed by atoms with Crippen LogP contribution >= 0.6 is 0 Å². The Kier molecular flexibility index (Phi) is 9.61. The van der Waals surface area contributed by atoms with Crippen molar-refractivity contribution in [3.8, 4) is 78.4 Å². The highest BCUT2D eigenvalue weighted by Gasteiger charge is 2.23. The fraction of sp³-hybridized carbons (Fsp3) is 0.0169. The molecular formula is C59H41N3. The van der Waals surface area contributed by atoms with Crippen LogP contribution in [0.15, 0.2) is 237 Å². The average Bonchev–Trinajstić information content (AvgIpc) is 3.73. The van der Waals surface area contributed by atoms with Crippen LogP contribution in [0.4, 0.5) is 17.1 Å². The Labute approximate surface area is 363 Å². The summed E-state index contributed by atoms with van der Waals surface area (Å²) < 4.78 is 0. The molecule has 0 unspecified atom stereocenters. The van der Waals surface area contributed by atoms with Gasteiger partial charge in [0.2, 0.25) is 0 Å². The van der Waals surface area contributed by atoms with E-state index in [0.717, 1.165) is 57.1 Å². The van der Waals surface area contributed by atoms with E-state index in [4.69, 9.17) is 9.97 Å². The topological polar surface area (TPSA) is 29.0 Å². The van der Waals surface area contributed by atoms with Crippen LogP contribution in [0.25, 0.3) is 78.4 Å². The Hall–Kier alpha value is -8.14. The van der Waals surface area contributed by atoms with Gasteiger partial charge in [-0.15, -0.1) is 0 Å². The number of fused-ring (bicyclic) bond motifs is 3. The van der Waals surface area contributed by atoms with Gasteiger partial charge in [-0.3, -0.25) is 0 Å². The Morgan fingerprint density at radius 1 is 0.274 bits per heavy atom. The highest BCUT2D eigenvalue weighted by molar-refractivity contribution is 5.86. The molecule has 1 aromatic heterocycles. The number of para-hydroxylation sites is 1. The summed E-state index contributed by atoms with van der Waals surface area (Å²) in [7, 11) is 0. The zero-order chi connectivity index (χ0) is 41.2. The molecule has 10 aromatic rings. The zero-order valence-corrected chi connectivity index (χ0v) is 34.1. The first-order chi connectivity index (χ1) is 30.7. The normalized spacial score (nSPS) is 11.5. The molecule has 0 spiro atoms. The molecule has 292 valence electrons. The van der Waals surface area contributed by atoms with E-state index >= 15 is 0 Å². The summed E-state index contributed by atoms with van der Waals surface area (Å²) in [5.74, 6) is 0.704. The quantitative estimate of drug-likeness (QED) is 0.146.